The summed E-state index contributed by atoms with van der Waals surface area (Å²) in [4.78, 5) is 13.8. The fraction of sp³-hybridized carbons (Fsp3) is 0.588. The quantitative estimate of drug-likeness (QED) is 0.862. The standard InChI is InChI=1S/C17H23N5O/c1-2-6-14(5-1)22-11-9-21(10-12-22)13-16-19-17(20-23-16)15-7-3-4-8-18-15/h3-4,7-8,14H,1-2,5-6,9-13H2. The fourth-order valence-electron chi connectivity index (χ4n) is 3.67. The van der Waals surface area contributed by atoms with E-state index >= 15 is 0 Å². The van der Waals surface area contributed by atoms with Crippen molar-refractivity contribution in [3.63, 3.8) is 0 Å². The summed E-state index contributed by atoms with van der Waals surface area (Å²) in [5, 5.41) is 4.04. The first-order valence-electron chi connectivity index (χ1n) is 8.59. The minimum Gasteiger partial charge on any atom is -0.337 e. The molecule has 0 unspecified atom stereocenters. The Kier molecular flexibility index (Phi) is 4.35. The third-order valence-electron chi connectivity index (χ3n) is 4.97. The van der Waals surface area contributed by atoms with Gasteiger partial charge in [0.1, 0.15) is 5.69 Å². The van der Waals surface area contributed by atoms with Crippen molar-refractivity contribution in [2.75, 3.05) is 26.2 Å². The normalized spacial score (nSPS) is 21.0. The van der Waals surface area contributed by atoms with Crippen LogP contribution in [0.25, 0.3) is 11.5 Å². The van der Waals surface area contributed by atoms with Crippen LogP contribution in [-0.2, 0) is 6.54 Å². The van der Waals surface area contributed by atoms with Crippen molar-refractivity contribution in [1.82, 2.24) is 24.9 Å². The number of nitrogens with zero attached hydrogens (tertiary/aromatic N) is 5. The van der Waals surface area contributed by atoms with Crippen LogP contribution in [0.3, 0.4) is 0 Å². The van der Waals surface area contributed by atoms with Gasteiger partial charge in [-0.2, -0.15) is 4.98 Å². The van der Waals surface area contributed by atoms with Crippen LogP contribution < -0.4 is 0 Å². The van der Waals surface area contributed by atoms with Gasteiger partial charge in [-0.1, -0.05) is 24.1 Å². The molecule has 1 aliphatic carbocycles. The molecule has 0 atom stereocenters. The number of pyridine rings is 1. The summed E-state index contributed by atoms with van der Waals surface area (Å²) in [5.74, 6) is 1.25. The van der Waals surface area contributed by atoms with E-state index in [0.717, 1.165) is 44.5 Å². The first-order valence-corrected chi connectivity index (χ1v) is 8.59. The van der Waals surface area contributed by atoms with E-state index in [4.69, 9.17) is 4.52 Å². The second-order valence-electron chi connectivity index (χ2n) is 6.48. The molecule has 122 valence electrons. The van der Waals surface area contributed by atoms with Crippen LogP contribution in [0.1, 0.15) is 31.6 Å². The molecule has 2 aromatic rings. The van der Waals surface area contributed by atoms with Gasteiger partial charge in [-0.05, 0) is 25.0 Å². The monoisotopic (exact) mass is 313 g/mol. The average molecular weight is 313 g/mol. The van der Waals surface area contributed by atoms with Gasteiger partial charge >= 0.3 is 0 Å². The number of piperazine rings is 1. The zero-order chi connectivity index (χ0) is 15.5. The first kappa shape index (κ1) is 14.8. The third-order valence-corrected chi connectivity index (χ3v) is 4.97. The molecule has 3 heterocycles. The van der Waals surface area contributed by atoms with Crippen molar-refractivity contribution in [1.29, 1.82) is 0 Å². The Bertz CT molecular complexity index is 615. The molecule has 0 amide bonds. The molecule has 0 aromatic carbocycles. The Morgan fingerprint density at radius 3 is 2.65 bits per heavy atom. The predicted octanol–water partition coefficient (Wildman–Crippen LogP) is 2.19. The van der Waals surface area contributed by atoms with E-state index < -0.39 is 0 Å². The molecule has 2 aromatic heterocycles. The van der Waals surface area contributed by atoms with Crippen molar-refractivity contribution in [2.45, 2.75) is 38.3 Å². The average Bonchev–Trinajstić information content (AvgIpc) is 3.28. The maximum absolute atomic E-state index is 5.39. The highest BCUT2D eigenvalue weighted by atomic mass is 16.5. The highest BCUT2D eigenvalue weighted by Gasteiger charge is 2.26. The van der Waals surface area contributed by atoms with Gasteiger partial charge in [0.25, 0.3) is 0 Å². The first-order chi connectivity index (χ1) is 11.4. The lowest BCUT2D eigenvalue weighted by molar-refractivity contribution is 0.0868. The molecule has 6 heteroatoms. The van der Waals surface area contributed by atoms with E-state index in [-0.39, 0.29) is 0 Å². The summed E-state index contributed by atoms with van der Waals surface area (Å²) in [6.07, 6.45) is 7.33. The second kappa shape index (κ2) is 6.76. The van der Waals surface area contributed by atoms with Crippen LogP contribution >= 0.6 is 0 Å². The summed E-state index contributed by atoms with van der Waals surface area (Å²) in [6.45, 7) is 5.21. The van der Waals surface area contributed by atoms with Gasteiger partial charge < -0.3 is 4.52 Å². The number of aromatic nitrogens is 3. The van der Waals surface area contributed by atoms with Crippen LogP contribution in [-0.4, -0.2) is 57.1 Å². The van der Waals surface area contributed by atoms with Crippen LogP contribution in [0.2, 0.25) is 0 Å². The minimum atomic E-state index is 0.574. The van der Waals surface area contributed by atoms with Crippen molar-refractivity contribution < 1.29 is 4.52 Å². The molecular weight excluding hydrogens is 290 g/mol. The summed E-state index contributed by atoms with van der Waals surface area (Å²) < 4.78 is 5.39. The highest BCUT2D eigenvalue weighted by molar-refractivity contribution is 5.46. The largest absolute Gasteiger partial charge is 0.337 e. The topological polar surface area (TPSA) is 58.3 Å². The smallest absolute Gasteiger partial charge is 0.241 e. The molecule has 0 radical (unpaired) electrons. The second-order valence-corrected chi connectivity index (χ2v) is 6.48. The predicted molar refractivity (Wildman–Crippen MR) is 86.6 cm³/mol. The Morgan fingerprint density at radius 1 is 1.09 bits per heavy atom. The van der Waals surface area contributed by atoms with Crippen LogP contribution in [0.4, 0.5) is 0 Å². The van der Waals surface area contributed by atoms with Crippen LogP contribution in [0, 0.1) is 0 Å². The van der Waals surface area contributed by atoms with Gasteiger partial charge in [0.2, 0.25) is 11.7 Å². The van der Waals surface area contributed by atoms with E-state index in [1.165, 1.54) is 25.7 Å². The molecule has 1 aliphatic heterocycles. The zero-order valence-corrected chi connectivity index (χ0v) is 13.4. The zero-order valence-electron chi connectivity index (χ0n) is 13.4. The maximum atomic E-state index is 5.39. The van der Waals surface area contributed by atoms with E-state index in [1.54, 1.807) is 6.20 Å². The Morgan fingerprint density at radius 2 is 1.91 bits per heavy atom. The molecule has 0 bridgehead atoms. The number of hydrogen-bond donors (Lipinski definition) is 0. The molecule has 2 fully saturated rings. The SMILES string of the molecule is c1ccc(-c2noc(CN3CCN(C4CCCC4)CC3)n2)nc1. The molecule has 6 nitrogen and oxygen atoms in total. The van der Waals surface area contributed by atoms with Gasteiger partial charge in [-0.25, -0.2) is 0 Å². The van der Waals surface area contributed by atoms with E-state index in [9.17, 15) is 0 Å². The highest BCUT2D eigenvalue weighted by Crippen LogP contribution is 2.24. The lowest BCUT2D eigenvalue weighted by Gasteiger charge is -2.37. The number of hydrogen-bond acceptors (Lipinski definition) is 6. The molecule has 2 aliphatic rings. The van der Waals surface area contributed by atoms with E-state index in [2.05, 4.69) is 24.9 Å². The van der Waals surface area contributed by atoms with Crippen LogP contribution in [0.5, 0.6) is 0 Å². The van der Waals surface area contributed by atoms with E-state index in [0.29, 0.717) is 11.7 Å². The van der Waals surface area contributed by atoms with Crippen molar-refractivity contribution in [2.24, 2.45) is 0 Å². The van der Waals surface area contributed by atoms with Crippen molar-refractivity contribution in [3.05, 3.63) is 30.3 Å². The van der Waals surface area contributed by atoms with Gasteiger partial charge in [0.05, 0.1) is 6.54 Å². The molecule has 23 heavy (non-hydrogen) atoms. The van der Waals surface area contributed by atoms with E-state index in [1.807, 2.05) is 18.2 Å². The molecule has 1 saturated heterocycles. The fourth-order valence-corrected chi connectivity index (χ4v) is 3.67. The maximum Gasteiger partial charge on any atom is 0.241 e. The Labute approximate surface area is 136 Å². The molecule has 0 spiro atoms. The minimum absolute atomic E-state index is 0.574. The van der Waals surface area contributed by atoms with Gasteiger partial charge in [0, 0.05) is 38.4 Å². The lowest BCUT2D eigenvalue weighted by Crippen LogP contribution is -2.49. The molecule has 0 N–H and O–H groups in total. The summed E-state index contributed by atoms with van der Waals surface area (Å²) >= 11 is 0. The molecule has 4 rings (SSSR count). The van der Waals surface area contributed by atoms with Gasteiger partial charge in [-0.15, -0.1) is 0 Å². The third kappa shape index (κ3) is 3.43. The summed E-state index contributed by atoms with van der Waals surface area (Å²) in [6, 6.07) is 6.54. The van der Waals surface area contributed by atoms with Crippen molar-refractivity contribution >= 4 is 0 Å². The van der Waals surface area contributed by atoms with Crippen molar-refractivity contribution in [3.8, 4) is 11.5 Å². The Hall–Kier alpha value is -1.79. The molecular formula is C17H23N5O. The molecule has 1 saturated carbocycles. The van der Waals surface area contributed by atoms with Gasteiger partial charge in [0.15, 0.2) is 0 Å². The lowest BCUT2D eigenvalue weighted by atomic mass is 10.2. The summed E-state index contributed by atoms with van der Waals surface area (Å²) in [7, 11) is 0. The number of rotatable bonds is 4. The Balaban J connectivity index is 1.32. The van der Waals surface area contributed by atoms with Gasteiger partial charge in [-0.3, -0.25) is 14.8 Å². The van der Waals surface area contributed by atoms with Crippen LogP contribution in [0.15, 0.2) is 28.9 Å². The summed E-state index contributed by atoms with van der Waals surface area (Å²) in [5.41, 5.74) is 0.758.